The average Bonchev–Trinajstić information content (AvgIpc) is 3.23. The molecule has 8 heteroatoms. The maximum absolute atomic E-state index is 14.0. The van der Waals surface area contributed by atoms with Crippen LogP contribution in [-0.2, 0) is 22.3 Å². The van der Waals surface area contributed by atoms with Crippen LogP contribution < -0.4 is 20.8 Å². The van der Waals surface area contributed by atoms with Crippen molar-refractivity contribution in [1.29, 1.82) is 0 Å². The number of amides is 2. The Morgan fingerprint density at radius 2 is 1.42 bits per heavy atom. The van der Waals surface area contributed by atoms with E-state index in [0.29, 0.717) is 41.0 Å². The normalized spacial score (nSPS) is 15.1. The number of hydrogen-bond acceptors (Lipinski definition) is 5. The van der Waals surface area contributed by atoms with Gasteiger partial charge in [-0.1, -0.05) is 66.7 Å². The molecular formula is C35H37BN2O5. The third-order valence-electron chi connectivity index (χ3n) is 8.19. The minimum atomic E-state index is -0.731. The Kier molecular flexibility index (Phi) is 8.71. The fourth-order valence-corrected chi connectivity index (χ4v) is 5.03. The van der Waals surface area contributed by atoms with E-state index >= 15 is 0 Å². The summed E-state index contributed by atoms with van der Waals surface area (Å²) in [5, 5.41) is 6.13. The first-order valence-electron chi connectivity index (χ1n) is 14.4. The molecule has 1 aliphatic heterocycles. The minimum absolute atomic E-state index is 0.223. The molecule has 1 fully saturated rings. The van der Waals surface area contributed by atoms with Gasteiger partial charge < -0.3 is 24.7 Å². The molecule has 2 amide bonds. The van der Waals surface area contributed by atoms with Crippen molar-refractivity contribution in [3.05, 3.63) is 125 Å². The number of benzene rings is 4. The molecule has 1 heterocycles. The molecule has 1 saturated heterocycles. The molecule has 4 aromatic carbocycles. The zero-order valence-electron chi connectivity index (χ0n) is 25.3. The van der Waals surface area contributed by atoms with Crippen molar-refractivity contribution in [2.24, 2.45) is 0 Å². The monoisotopic (exact) mass is 576 g/mol. The smallest absolute Gasteiger partial charge is 0.495 e. The van der Waals surface area contributed by atoms with Crippen molar-refractivity contribution >= 4 is 30.1 Å². The zero-order chi connectivity index (χ0) is 30.6. The fourth-order valence-electron chi connectivity index (χ4n) is 5.03. The Hall–Kier alpha value is -4.40. The van der Waals surface area contributed by atoms with Gasteiger partial charge in [0.1, 0.15) is 5.75 Å². The van der Waals surface area contributed by atoms with Crippen molar-refractivity contribution in [2.45, 2.75) is 51.9 Å². The quantitative estimate of drug-likeness (QED) is 0.247. The Morgan fingerprint density at radius 3 is 2.07 bits per heavy atom. The van der Waals surface area contributed by atoms with Gasteiger partial charge >= 0.3 is 7.12 Å². The first kappa shape index (κ1) is 30.1. The molecule has 220 valence electrons. The number of carbonyl (C=O) groups excluding carboxylic acids is 2. The van der Waals surface area contributed by atoms with Gasteiger partial charge in [-0.2, -0.15) is 0 Å². The minimum Gasteiger partial charge on any atom is -0.497 e. The second kappa shape index (κ2) is 12.5. The van der Waals surface area contributed by atoms with E-state index in [0.717, 1.165) is 16.7 Å². The maximum atomic E-state index is 14.0. The summed E-state index contributed by atoms with van der Waals surface area (Å²) >= 11 is 0. The number of ether oxygens (including phenoxy) is 1. The van der Waals surface area contributed by atoms with Gasteiger partial charge in [-0.25, -0.2) is 0 Å². The lowest BCUT2D eigenvalue weighted by molar-refractivity contribution is 0.00578. The van der Waals surface area contributed by atoms with Crippen molar-refractivity contribution < 1.29 is 23.6 Å². The molecule has 0 saturated carbocycles. The van der Waals surface area contributed by atoms with E-state index in [9.17, 15) is 9.59 Å². The maximum Gasteiger partial charge on any atom is 0.495 e. The van der Waals surface area contributed by atoms with Gasteiger partial charge in [0.15, 0.2) is 0 Å². The number of anilines is 1. The van der Waals surface area contributed by atoms with Crippen LogP contribution in [-0.4, -0.2) is 37.2 Å². The highest BCUT2D eigenvalue weighted by atomic mass is 16.7. The molecule has 0 aromatic heterocycles. The Bertz CT molecular complexity index is 1590. The summed E-state index contributed by atoms with van der Waals surface area (Å²) in [6.07, 6.45) is 0.350. The fraction of sp³-hybridized carbons (Fsp3) is 0.257. The molecular weight excluding hydrogens is 539 g/mol. The van der Waals surface area contributed by atoms with E-state index in [4.69, 9.17) is 14.0 Å². The summed E-state index contributed by atoms with van der Waals surface area (Å²) in [5.41, 5.74) is 3.72. The van der Waals surface area contributed by atoms with Crippen LogP contribution in [0.5, 0.6) is 5.75 Å². The first-order chi connectivity index (χ1) is 20.6. The number of nitrogens with one attached hydrogen (secondary N) is 2. The van der Waals surface area contributed by atoms with Crippen LogP contribution in [0.4, 0.5) is 5.69 Å². The highest BCUT2D eigenvalue weighted by Crippen LogP contribution is 2.37. The molecule has 0 spiro atoms. The largest absolute Gasteiger partial charge is 0.497 e. The van der Waals surface area contributed by atoms with Gasteiger partial charge in [0, 0.05) is 29.8 Å². The van der Waals surface area contributed by atoms with Crippen LogP contribution in [0.25, 0.3) is 0 Å². The van der Waals surface area contributed by atoms with Crippen LogP contribution in [0.2, 0.25) is 0 Å². The summed E-state index contributed by atoms with van der Waals surface area (Å²) in [7, 11) is 0.868. The van der Waals surface area contributed by atoms with Gasteiger partial charge in [-0.3, -0.25) is 9.59 Å². The molecule has 0 bridgehead atoms. The summed E-state index contributed by atoms with van der Waals surface area (Å²) in [5.74, 6) is 0.186. The third-order valence-corrected chi connectivity index (χ3v) is 8.19. The van der Waals surface area contributed by atoms with Gasteiger partial charge in [-0.15, -0.1) is 0 Å². The van der Waals surface area contributed by atoms with E-state index in [-0.39, 0.29) is 11.8 Å². The van der Waals surface area contributed by atoms with Crippen molar-refractivity contribution in [3.8, 4) is 5.75 Å². The zero-order valence-corrected chi connectivity index (χ0v) is 25.3. The highest BCUT2D eigenvalue weighted by molar-refractivity contribution is 6.63. The molecule has 7 nitrogen and oxygen atoms in total. The number of carbonyl (C=O) groups is 2. The molecule has 0 unspecified atom stereocenters. The molecule has 5 rings (SSSR count). The molecule has 0 aliphatic carbocycles. The van der Waals surface area contributed by atoms with Gasteiger partial charge in [0.25, 0.3) is 11.8 Å². The van der Waals surface area contributed by atoms with Crippen molar-refractivity contribution in [3.63, 3.8) is 0 Å². The number of methoxy groups -OCH3 is 1. The summed E-state index contributed by atoms with van der Waals surface area (Å²) in [6, 6.07) is 30.0. The second-order valence-electron chi connectivity index (χ2n) is 11.7. The summed E-state index contributed by atoms with van der Waals surface area (Å²) < 4.78 is 18.3. The summed E-state index contributed by atoms with van der Waals surface area (Å²) in [4.78, 5) is 27.1. The summed E-state index contributed by atoms with van der Waals surface area (Å²) in [6.45, 7) is 8.33. The van der Waals surface area contributed by atoms with Gasteiger partial charge in [-0.05, 0) is 80.2 Å². The SMILES string of the molecule is COc1ccc(NC(=O)c2ccccc2)c(Cc2cccc(B3OC(C)(C)C(C)(C)O3)c2C(=O)NCc2ccccc2)c1. The van der Waals surface area contributed by atoms with Crippen LogP contribution in [0.15, 0.2) is 97.1 Å². The van der Waals surface area contributed by atoms with Gasteiger partial charge in [0.05, 0.1) is 18.3 Å². The molecule has 43 heavy (non-hydrogen) atoms. The van der Waals surface area contributed by atoms with Crippen LogP contribution in [0.3, 0.4) is 0 Å². The Labute approximate surface area is 253 Å². The Morgan fingerprint density at radius 1 is 0.767 bits per heavy atom. The highest BCUT2D eigenvalue weighted by Gasteiger charge is 2.52. The topological polar surface area (TPSA) is 85.9 Å². The average molecular weight is 577 g/mol. The van der Waals surface area contributed by atoms with E-state index in [1.54, 1.807) is 25.3 Å². The molecule has 4 aromatic rings. The number of rotatable bonds is 9. The lowest BCUT2D eigenvalue weighted by atomic mass is 9.73. The van der Waals surface area contributed by atoms with E-state index < -0.39 is 18.3 Å². The van der Waals surface area contributed by atoms with Crippen LogP contribution in [0, 0.1) is 0 Å². The number of hydrogen-bond donors (Lipinski definition) is 2. The predicted molar refractivity (Wildman–Crippen MR) is 170 cm³/mol. The third kappa shape index (κ3) is 6.66. The standard InChI is InChI=1S/C35H37BN2O5/c1-34(2)35(3,4)43-36(42-34)29-18-12-17-26(31(29)33(40)37-23-24-13-8-6-9-14-24)21-27-22-28(41-5)19-20-30(27)38-32(39)25-15-10-7-11-16-25/h6-20,22H,21,23H2,1-5H3,(H,37,40)(H,38,39). The predicted octanol–water partition coefficient (Wildman–Crippen LogP) is 5.77. The second-order valence-corrected chi connectivity index (χ2v) is 11.7. The van der Waals surface area contributed by atoms with E-state index in [1.807, 2.05) is 107 Å². The molecule has 0 radical (unpaired) electrons. The lowest BCUT2D eigenvalue weighted by Crippen LogP contribution is -2.41. The van der Waals surface area contributed by atoms with Crippen LogP contribution >= 0.6 is 0 Å². The molecule has 1 aliphatic rings. The first-order valence-corrected chi connectivity index (χ1v) is 14.4. The Balaban J connectivity index is 1.53. The van der Waals surface area contributed by atoms with Gasteiger partial charge in [0.2, 0.25) is 0 Å². The van der Waals surface area contributed by atoms with Crippen molar-refractivity contribution in [1.82, 2.24) is 5.32 Å². The van der Waals surface area contributed by atoms with Crippen LogP contribution in [0.1, 0.15) is 65.1 Å². The van der Waals surface area contributed by atoms with E-state index in [1.165, 1.54) is 0 Å². The lowest BCUT2D eigenvalue weighted by Gasteiger charge is -2.32. The van der Waals surface area contributed by atoms with E-state index in [2.05, 4.69) is 10.6 Å². The van der Waals surface area contributed by atoms with Crippen molar-refractivity contribution in [2.75, 3.05) is 12.4 Å². The molecule has 2 N–H and O–H groups in total. The molecule has 0 atom stereocenters.